The molecular formula is C16H16ClNO2. The third-order valence-corrected chi connectivity index (χ3v) is 3.50. The lowest BCUT2D eigenvalue weighted by atomic mass is 10.1. The molecule has 2 aromatic rings. The smallest absolute Gasteiger partial charge is 0.337 e. The van der Waals surface area contributed by atoms with Gasteiger partial charge < -0.3 is 10.0 Å². The summed E-state index contributed by atoms with van der Waals surface area (Å²) in [5.41, 5.74) is 3.23. The molecule has 4 heteroatoms. The minimum atomic E-state index is -0.973. The van der Waals surface area contributed by atoms with E-state index in [9.17, 15) is 9.90 Å². The maximum atomic E-state index is 11.3. The molecule has 0 amide bonds. The van der Waals surface area contributed by atoms with Crippen molar-refractivity contribution in [2.24, 2.45) is 0 Å². The van der Waals surface area contributed by atoms with Gasteiger partial charge in [-0.3, -0.25) is 0 Å². The highest BCUT2D eigenvalue weighted by molar-refractivity contribution is 6.31. The van der Waals surface area contributed by atoms with E-state index in [0.29, 0.717) is 17.3 Å². The Labute approximate surface area is 123 Å². The van der Waals surface area contributed by atoms with Gasteiger partial charge in [-0.15, -0.1) is 0 Å². The number of hydrogen-bond donors (Lipinski definition) is 1. The average Bonchev–Trinajstić information content (AvgIpc) is 2.41. The fourth-order valence-corrected chi connectivity index (χ4v) is 2.31. The average molecular weight is 290 g/mol. The van der Waals surface area contributed by atoms with Crippen molar-refractivity contribution in [1.29, 1.82) is 0 Å². The van der Waals surface area contributed by atoms with Crippen LogP contribution in [0, 0.1) is 6.92 Å². The van der Waals surface area contributed by atoms with Crippen LogP contribution in [0.2, 0.25) is 5.02 Å². The van der Waals surface area contributed by atoms with Gasteiger partial charge >= 0.3 is 5.97 Å². The van der Waals surface area contributed by atoms with E-state index in [1.165, 1.54) is 17.2 Å². The molecule has 0 aromatic heterocycles. The Morgan fingerprint density at radius 3 is 2.60 bits per heavy atom. The number of aromatic carboxylic acids is 1. The predicted molar refractivity (Wildman–Crippen MR) is 81.7 cm³/mol. The van der Waals surface area contributed by atoms with Gasteiger partial charge in [-0.05, 0) is 36.2 Å². The van der Waals surface area contributed by atoms with Crippen LogP contribution in [-0.4, -0.2) is 18.1 Å². The van der Waals surface area contributed by atoms with Crippen LogP contribution in [0.4, 0.5) is 5.69 Å². The first-order chi connectivity index (χ1) is 9.49. The molecule has 1 N–H and O–H groups in total. The molecule has 0 aliphatic carbocycles. The van der Waals surface area contributed by atoms with Gasteiger partial charge in [0.15, 0.2) is 0 Å². The van der Waals surface area contributed by atoms with Crippen molar-refractivity contribution in [3.8, 4) is 0 Å². The maximum Gasteiger partial charge on any atom is 0.337 e. The van der Waals surface area contributed by atoms with Crippen LogP contribution in [0.15, 0.2) is 42.5 Å². The monoisotopic (exact) mass is 289 g/mol. The molecule has 20 heavy (non-hydrogen) atoms. The molecule has 0 bridgehead atoms. The fraction of sp³-hybridized carbons (Fsp3) is 0.188. The predicted octanol–water partition coefficient (Wildman–Crippen LogP) is 3.98. The minimum absolute atomic E-state index is 0.216. The third kappa shape index (κ3) is 3.11. The molecule has 0 saturated heterocycles. The molecule has 2 rings (SSSR count). The van der Waals surface area contributed by atoms with E-state index in [4.69, 9.17) is 11.6 Å². The van der Waals surface area contributed by atoms with Gasteiger partial charge in [0.1, 0.15) is 0 Å². The van der Waals surface area contributed by atoms with Gasteiger partial charge in [0, 0.05) is 18.6 Å². The van der Waals surface area contributed by atoms with Crippen molar-refractivity contribution < 1.29 is 9.90 Å². The van der Waals surface area contributed by atoms with E-state index in [1.807, 2.05) is 43.1 Å². The number of carboxylic acids is 1. The molecule has 0 unspecified atom stereocenters. The maximum absolute atomic E-state index is 11.3. The number of carbonyl (C=O) groups is 1. The largest absolute Gasteiger partial charge is 0.478 e. The second-order valence-electron chi connectivity index (χ2n) is 4.75. The highest BCUT2D eigenvalue weighted by atomic mass is 35.5. The summed E-state index contributed by atoms with van der Waals surface area (Å²) in [7, 11) is 1.88. The van der Waals surface area contributed by atoms with Crippen molar-refractivity contribution >= 4 is 23.3 Å². The van der Waals surface area contributed by atoms with E-state index >= 15 is 0 Å². The molecule has 0 radical (unpaired) electrons. The third-order valence-electron chi connectivity index (χ3n) is 3.27. The topological polar surface area (TPSA) is 40.5 Å². The van der Waals surface area contributed by atoms with Crippen molar-refractivity contribution in [3.63, 3.8) is 0 Å². The van der Waals surface area contributed by atoms with Gasteiger partial charge in [0.25, 0.3) is 0 Å². The van der Waals surface area contributed by atoms with Crippen molar-refractivity contribution in [2.75, 3.05) is 11.9 Å². The molecule has 0 aliphatic rings. The quantitative estimate of drug-likeness (QED) is 0.925. The summed E-state index contributed by atoms with van der Waals surface area (Å²) in [6.07, 6.45) is 0. The molecule has 0 aliphatic heterocycles. The second-order valence-corrected chi connectivity index (χ2v) is 5.19. The van der Waals surface area contributed by atoms with Gasteiger partial charge in [-0.25, -0.2) is 4.79 Å². The Kier molecular flexibility index (Phi) is 4.30. The Morgan fingerprint density at radius 1 is 1.25 bits per heavy atom. The van der Waals surface area contributed by atoms with E-state index in [0.717, 1.165) is 0 Å². The van der Waals surface area contributed by atoms with E-state index in [-0.39, 0.29) is 5.56 Å². The summed E-state index contributed by atoms with van der Waals surface area (Å²) in [6.45, 7) is 2.69. The number of aryl methyl sites for hydroxylation is 1. The lowest BCUT2D eigenvalue weighted by Gasteiger charge is -2.22. The summed E-state index contributed by atoms with van der Waals surface area (Å²) in [4.78, 5) is 13.2. The Morgan fingerprint density at radius 2 is 1.95 bits per heavy atom. The lowest BCUT2D eigenvalue weighted by Crippen LogP contribution is -2.19. The molecule has 3 nitrogen and oxygen atoms in total. The number of rotatable bonds is 4. The zero-order valence-electron chi connectivity index (χ0n) is 11.4. The molecule has 0 heterocycles. The number of nitrogens with zero attached hydrogens (tertiary/aromatic N) is 1. The van der Waals surface area contributed by atoms with Crippen molar-refractivity contribution in [2.45, 2.75) is 13.5 Å². The molecule has 2 aromatic carbocycles. The highest BCUT2D eigenvalue weighted by Gasteiger charge is 2.14. The van der Waals surface area contributed by atoms with Crippen LogP contribution in [0.25, 0.3) is 0 Å². The Bertz CT molecular complexity index is 640. The van der Waals surface area contributed by atoms with Gasteiger partial charge in [0.2, 0.25) is 0 Å². The Hall–Kier alpha value is -2.00. The summed E-state index contributed by atoms with van der Waals surface area (Å²) in [5, 5.41) is 9.70. The number of hydrogen-bond acceptors (Lipinski definition) is 2. The first kappa shape index (κ1) is 14.4. The summed E-state index contributed by atoms with van der Waals surface area (Å²) < 4.78 is 0. The number of halogens is 1. The Balaban J connectivity index is 2.32. The zero-order valence-corrected chi connectivity index (χ0v) is 12.2. The number of benzene rings is 2. The van der Waals surface area contributed by atoms with Crippen LogP contribution in [0.3, 0.4) is 0 Å². The fourth-order valence-electron chi connectivity index (χ4n) is 2.14. The van der Waals surface area contributed by atoms with Gasteiger partial charge in [-0.1, -0.05) is 35.9 Å². The molecule has 0 spiro atoms. The van der Waals surface area contributed by atoms with E-state index < -0.39 is 5.97 Å². The molecule has 0 fully saturated rings. The van der Waals surface area contributed by atoms with Crippen LogP contribution in [0.5, 0.6) is 0 Å². The minimum Gasteiger partial charge on any atom is -0.478 e. The summed E-state index contributed by atoms with van der Waals surface area (Å²) in [6, 6.07) is 13.0. The normalized spacial score (nSPS) is 10.3. The standard InChI is InChI=1S/C16H16ClNO2/c1-11-5-3-4-6-12(11)10-18(2)15-8-7-13(17)9-14(15)16(19)20/h3-9H,10H2,1-2H3,(H,19,20). The SMILES string of the molecule is Cc1ccccc1CN(C)c1ccc(Cl)cc1C(=O)O. The van der Waals surface area contributed by atoms with Crippen molar-refractivity contribution in [1.82, 2.24) is 0 Å². The number of carboxylic acid groups (broad SMARTS) is 1. The summed E-state index contributed by atoms with van der Waals surface area (Å²) >= 11 is 5.87. The van der Waals surface area contributed by atoms with E-state index in [1.54, 1.807) is 12.1 Å². The first-order valence-electron chi connectivity index (χ1n) is 6.27. The lowest BCUT2D eigenvalue weighted by molar-refractivity contribution is 0.0697. The summed E-state index contributed by atoms with van der Waals surface area (Å²) in [5.74, 6) is -0.973. The van der Waals surface area contributed by atoms with E-state index in [2.05, 4.69) is 0 Å². The first-order valence-corrected chi connectivity index (χ1v) is 6.65. The van der Waals surface area contributed by atoms with Crippen LogP contribution in [-0.2, 0) is 6.54 Å². The number of anilines is 1. The van der Waals surface area contributed by atoms with Crippen LogP contribution >= 0.6 is 11.6 Å². The molecular weight excluding hydrogens is 274 g/mol. The van der Waals surface area contributed by atoms with Gasteiger partial charge in [-0.2, -0.15) is 0 Å². The van der Waals surface area contributed by atoms with Crippen LogP contribution < -0.4 is 4.90 Å². The molecule has 104 valence electrons. The highest BCUT2D eigenvalue weighted by Crippen LogP contribution is 2.25. The molecule has 0 saturated carbocycles. The zero-order chi connectivity index (χ0) is 14.7. The second kappa shape index (κ2) is 5.97. The van der Waals surface area contributed by atoms with Gasteiger partial charge in [0.05, 0.1) is 11.3 Å². The molecule has 0 atom stereocenters. The van der Waals surface area contributed by atoms with Crippen LogP contribution in [0.1, 0.15) is 21.5 Å². The van der Waals surface area contributed by atoms with Crippen molar-refractivity contribution in [3.05, 3.63) is 64.2 Å².